The molecule has 0 saturated carbocycles. The Morgan fingerprint density at radius 2 is 1.87 bits per heavy atom. The number of amides is 1. The maximum atomic E-state index is 14.6. The fraction of sp³-hybridized carbons (Fsp3) is 0.583. The second kappa shape index (κ2) is 10.8. The molecular formula is C24H34FN3O3. The SMILES string of the molecule is CC(C)CCN(Cc1c(-c2ccccc2F)noc1N1CCOCC1)C(=O)CC(C)C. The van der Waals surface area contributed by atoms with E-state index < -0.39 is 0 Å². The van der Waals surface area contributed by atoms with Crippen molar-refractivity contribution in [3.8, 4) is 11.3 Å². The summed E-state index contributed by atoms with van der Waals surface area (Å²) in [6.07, 6.45) is 1.38. The smallest absolute Gasteiger partial charge is 0.233 e. The number of aromatic nitrogens is 1. The van der Waals surface area contributed by atoms with E-state index in [4.69, 9.17) is 9.26 Å². The lowest BCUT2D eigenvalue weighted by Crippen LogP contribution is -2.37. The van der Waals surface area contributed by atoms with Crippen molar-refractivity contribution in [3.63, 3.8) is 0 Å². The van der Waals surface area contributed by atoms with Crippen LogP contribution in [0.15, 0.2) is 28.8 Å². The van der Waals surface area contributed by atoms with Gasteiger partial charge in [0.1, 0.15) is 11.5 Å². The molecule has 1 saturated heterocycles. The number of benzene rings is 1. The van der Waals surface area contributed by atoms with Crippen molar-refractivity contribution in [2.45, 2.75) is 47.1 Å². The van der Waals surface area contributed by atoms with Crippen LogP contribution < -0.4 is 4.90 Å². The molecular weight excluding hydrogens is 397 g/mol. The van der Waals surface area contributed by atoms with Gasteiger partial charge in [0.2, 0.25) is 11.8 Å². The monoisotopic (exact) mass is 431 g/mol. The van der Waals surface area contributed by atoms with Crippen molar-refractivity contribution in [2.75, 3.05) is 37.7 Å². The van der Waals surface area contributed by atoms with Crippen LogP contribution >= 0.6 is 0 Å². The highest BCUT2D eigenvalue weighted by molar-refractivity contribution is 5.77. The Hall–Kier alpha value is -2.41. The Labute approximate surface area is 184 Å². The minimum atomic E-state index is -0.354. The molecule has 1 aliphatic rings. The second-order valence-corrected chi connectivity index (χ2v) is 8.99. The summed E-state index contributed by atoms with van der Waals surface area (Å²) in [6.45, 7) is 11.9. The molecule has 1 aromatic carbocycles. The Balaban J connectivity index is 1.99. The maximum Gasteiger partial charge on any atom is 0.233 e. The van der Waals surface area contributed by atoms with Gasteiger partial charge >= 0.3 is 0 Å². The van der Waals surface area contributed by atoms with E-state index >= 15 is 0 Å². The van der Waals surface area contributed by atoms with Crippen molar-refractivity contribution in [2.24, 2.45) is 11.8 Å². The van der Waals surface area contributed by atoms with Crippen LogP contribution in [-0.2, 0) is 16.1 Å². The maximum absolute atomic E-state index is 14.6. The lowest BCUT2D eigenvalue weighted by atomic mass is 10.0. The van der Waals surface area contributed by atoms with Gasteiger partial charge in [-0.25, -0.2) is 4.39 Å². The van der Waals surface area contributed by atoms with E-state index in [0.717, 1.165) is 12.0 Å². The van der Waals surface area contributed by atoms with E-state index in [9.17, 15) is 9.18 Å². The molecule has 2 heterocycles. The minimum Gasteiger partial charge on any atom is -0.378 e. The van der Waals surface area contributed by atoms with Crippen molar-refractivity contribution >= 4 is 11.8 Å². The summed E-state index contributed by atoms with van der Waals surface area (Å²) < 4.78 is 25.9. The normalized spacial score (nSPS) is 14.5. The largest absolute Gasteiger partial charge is 0.378 e. The lowest BCUT2D eigenvalue weighted by Gasteiger charge is -2.29. The number of hydrogen-bond acceptors (Lipinski definition) is 5. The summed E-state index contributed by atoms with van der Waals surface area (Å²) in [7, 11) is 0. The minimum absolute atomic E-state index is 0.101. The Morgan fingerprint density at radius 3 is 2.52 bits per heavy atom. The Bertz CT molecular complexity index is 860. The lowest BCUT2D eigenvalue weighted by molar-refractivity contribution is -0.132. The molecule has 0 radical (unpaired) electrons. The van der Waals surface area contributed by atoms with Crippen LogP contribution in [0.1, 0.15) is 46.1 Å². The number of ether oxygens (including phenoxy) is 1. The molecule has 0 unspecified atom stereocenters. The zero-order valence-electron chi connectivity index (χ0n) is 19.1. The molecule has 1 amide bonds. The van der Waals surface area contributed by atoms with Crippen LogP contribution in [0.4, 0.5) is 10.3 Å². The van der Waals surface area contributed by atoms with Crippen LogP contribution in [0.5, 0.6) is 0 Å². The predicted octanol–water partition coefficient (Wildman–Crippen LogP) is 4.74. The molecule has 1 aliphatic heterocycles. The molecule has 3 rings (SSSR count). The molecule has 1 fully saturated rings. The van der Waals surface area contributed by atoms with E-state index in [0.29, 0.717) is 68.9 Å². The van der Waals surface area contributed by atoms with Crippen molar-refractivity contribution in [1.82, 2.24) is 10.1 Å². The van der Waals surface area contributed by atoms with Crippen molar-refractivity contribution < 1.29 is 18.4 Å². The third-order valence-corrected chi connectivity index (χ3v) is 5.46. The Kier molecular flexibility index (Phi) is 8.07. The van der Waals surface area contributed by atoms with Gasteiger partial charge in [0.05, 0.1) is 25.3 Å². The average Bonchev–Trinajstić information content (AvgIpc) is 3.14. The molecule has 0 bridgehead atoms. The van der Waals surface area contributed by atoms with Gasteiger partial charge in [-0.2, -0.15) is 0 Å². The van der Waals surface area contributed by atoms with Gasteiger partial charge in [-0.1, -0.05) is 45.0 Å². The molecule has 6 nitrogen and oxygen atoms in total. The van der Waals surface area contributed by atoms with E-state index in [1.165, 1.54) is 6.07 Å². The fourth-order valence-electron chi connectivity index (χ4n) is 3.70. The Morgan fingerprint density at radius 1 is 1.16 bits per heavy atom. The molecule has 170 valence electrons. The topological polar surface area (TPSA) is 58.8 Å². The van der Waals surface area contributed by atoms with E-state index in [-0.39, 0.29) is 17.6 Å². The molecule has 1 aromatic heterocycles. The summed E-state index contributed by atoms with van der Waals surface area (Å²) in [5, 5.41) is 4.26. The molecule has 0 atom stereocenters. The molecule has 0 N–H and O–H groups in total. The van der Waals surface area contributed by atoms with Gasteiger partial charge < -0.3 is 19.1 Å². The highest BCUT2D eigenvalue weighted by Gasteiger charge is 2.28. The summed E-state index contributed by atoms with van der Waals surface area (Å²) >= 11 is 0. The molecule has 7 heteroatoms. The van der Waals surface area contributed by atoms with Gasteiger partial charge in [-0.3, -0.25) is 4.79 Å². The van der Waals surface area contributed by atoms with Gasteiger partial charge in [0, 0.05) is 31.6 Å². The van der Waals surface area contributed by atoms with Gasteiger partial charge in [-0.05, 0) is 30.4 Å². The van der Waals surface area contributed by atoms with Gasteiger partial charge in [0.15, 0.2) is 0 Å². The number of hydrogen-bond donors (Lipinski definition) is 0. The number of nitrogens with zero attached hydrogens (tertiary/aromatic N) is 3. The summed E-state index contributed by atoms with van der Waals surface area (Å²) in [6, 6.07) is 6.56. The number of anilines is 1. The quantitative estimate of drug-likeness (QED) is 0.574. The standard InChI is InChI=1S/C24H34FN3O3/c1-17(2)9-10-28(22(29)15-18(3)4)16-20-23(19-7-5-6-8-21(19)25)26-31-24(20)27-11-13-30-14-12-27/h5-8,17-18H,9-16H2,1-4H3. The number of carbonyl (C=O) groups excluding carboxylic acids is 1. The van der Waals surface area contributed by atoms with Gasteiger partial charge in [-0.15, -0.1) is 0 Å². The summed E-state index contributed by atoms with van der Waals surface area (Å²) in [5.74, 6) is 1.09. The first-order valence-corrected chi connectivity index (χ1v) is 11.2. The highest BCUT2D eigenvalue weighted by Crippen LogP contribution is 2.34. The zero-order valence-corrected chi connectivity index (χ0v) is 19.1. The molecule has 2 aromatic rings. The fourth-order valence-corrected chi connectivity index (χ4v) is 3.70. The third-order valence-electron chi connectivity index (χ3n) is 5.46. The molecule has 0 aliphatic carbocycles. The molecule has 31 heavy (non-hydrogen) atoms. The number of morpholine rings is 1. The van der Waals surface area contributed by atoms with Crippen LogP contribution in [0.2, 0.25) is 0 Å². The number of carbonyl (C=O) groups is 1. The van der Waals surface area contributed by atoms with Crippen molar-refractivity contribution in [3.05, 3.63) is 35.6 Å². The first-order chi connectivity index (χ1) is 14.9. The highest BCUT2D eigenvalue weighted by atomic mass is 19.1. The molecule has 0 spiro atoms. The third kappa shape index (κ3) is 6.06. The van der Waals surface area contributed by atoms with Gasteiger partial charge in [0.25, 0.3) is 0 Å². The average molecular weight is 432 g/mol. The van der Waals surface area contributed by atoms with Crippen LogP contribution in [0.25, 0.3) is 11.3 Å². The van der Waals surface area contributed by atoms with E-state index in [1.54, 1.807) is 18.2 Å². The van der Waals surface area contributed by atoms with E-state index in [1.807, 2.05) is 18.7 Å². The second-order valence-electron chi connectivity index (χ2n) is 8.99. The summed E-state index contributed by atoms with van der Waals surface area (Å²) in [4.78, 5) is 17.0. The number of halogens is 1. The first kappa shape index (κ1) is 23.3. The van der Waals surface area contributed by atoms with E-state index in [2.05, 4.69) is 23.9 Å². The van der Waals surface area contributed by atoms with Crippen LogP contribution in [-0.4, -0.2) is 48.8 Å². The van der Waals surface area contributed by atoms with Crippen molar-refractivity contribution in [1.29, 1.82) is 0 Å². The first-order valence-electron chi connectivity index (χ1n) is 11.2. The van der Waals surface area contributed by atoms with Crippen LogP contribution in [0, 0.1) is 17.7 Å². The zero-order chi connectivity index (χ0) is 22.4. The predicted molar refractivity (Wildman–Crippen MR) is 119 cm³/mol. The van der Waals surface area contributed by atoms with Crippen LogP contribution in [0.3, 0.4) is 0 Å². The summed E-state index contributed by atoms with van der Waals surface area (Å²) in [5.41, 5.74) is 1.61. The number of rotatable bonds is 9.